The number of esters is 1. The first-order chi connectivity index (χ1) is 8.08. The molecule has 1 aromatic heterocycles. The fourth-order valence-electron chi connectivity index (χ4n) is 1.62. The van der Waals surface area contributed by atoms with E-state index >= 15 is 0 Å². The van der Waals surface area contributed by atoms with E-state index in [4.69, 9.17) is 4.74 Å². The van der Waals surface area contributed by atoms with E-state index in [0.29, 0.717) is 13.2 Å². The third-order valence-corrected chi connectivity index (χ3v) is 2.51. The van der Waals surface area contributed by atoms with Crippen molar-refractivity contribution in [1.82, 2.24) is 15.1 Å². The highest BCUT2D eigenvalue weighted by molar-refractivity contribution is 5.75. The van der Waals surface area contributed by atoms with Crippen LogP contribution in [-0.2, 0) is 22.6 Å². The minimum atomic E-state index is -0.296. The van der Waals surface area contributed by atoms with E-state index < -0.39 is 0 Å². The van der Waals surface area contributed by atoms with Gasteiger partial charge in [0.2, 0.25) is 0 Å². The molecule has 1 aromatic rings. The summed E-state index contributed by atoms with van der Waals surface area (Å²) >= 11 is 0. The molecular weight excluding hydrogens is 218 g/mol. The van der Waals surface area contributed by atoms with Crippen LogP contribution in [0.4, 0.5) is 0 Å². The van der Waals surface area contributed by atoms with Crippen molar-refractivity contribution in [1.29, 1.82) is 0 Å². The van der Waals surface area contributed by atoms with Crippen molar-refractivity contribution >= 4 is 5.97 Å². The summed E-state index contributed by atoms with van der Waals surface area (Å²) in [6.45, 7) is 9.48. The number of nitrogens with zero attached hydrogens (tertiary/aromatic N) is 2. The average Bonchev–Trinajstić information content (AvgIpc) is 2.66. The first-order valence-electron chi connectivity index (χ1n) is 6.01. The highest BCUT2D eigenvalue weighted by Crippen LogP contribution is 2.04. The average molecular weight is 239 g/mol. The lowest BCUT2D eigenvalue weighted by Crippen LogP contribution is -2.35. The molecule has 1 rings (SSSR count). The van der Waals surface area contributed by atoms with Crippen molar-refractivity contribution in [3.05, 3.63) is 17.5 Å². The molecule has 0 radical (unpaired) electrons. The highest BCUT2D eigenvalue weighted by atomic mass is 16.5. The van der Waals surface area contributed by atoms with Crippen LogP contribution in [0.1, 0.15) is 32.2 Å². The Morgan fingerprint density at radius 2 is 2.29 bits per heavy atom. The van der Waals surface area contributed by atoms with Gasteiger partial charge in [-0.2, -0.15) is 5.10 Å². The Kier molecular flexibility index (Phi) is 5.15. The zero-order valence-corrected chi connectivity index (χ0v) is 11.0. The molecule has 1 unspecified atom stereocenters. The number of carbonyl (C=O) groups is 1. The molecule has 1 heterocycles. The van der Waals surface area contributed by atoms with Gasteiger partial charge in [-0.15, -0.1) is 0 Å². The Balaban J connectivity index is 2.52. The fourth-order valence-corrected chi connectivity index (χ4v) is 1.62. The van der Waals surface area contributed by atoms with Gasteiger partial charge in [0.15, 0.2) is 0 Å². The van der Waals surface area contributed by atoms with Crippen LogP contribution in [0.15, 0.2) is 6.07 Å². The third kappa shape index (κ3) is 3.85. The van der Waals surface area contributed by atoms with Gasteiger partial charge >= 0.3 is 5.97 Å². The molecule has 1 atom stereocenters. The lowest BCUT2D eigenvalue weighted by molar-refractivity contribution is -0.145. The van der Waals surface area contributed by atoms with E-state index in [-0.39, 0.29) is 12.0 Å². The summed E-state index contributed by atoms with van der Waals surface area (Å²) in [5.74, 6) is -0.216. The minimum Gasteiger partial charge on any atom is -0.465 e. The Morgan fingerprint density at radius 1 is 1.59 bits per heavy atom. The Hall–Kier alpha value is -1.36. The van der Waals surface area contributed by atoms with E-state index in [1.165, 1.54) is 0 Å². The van der Waals surface area contributed by atoms with E-state index in [0.717, 1.165) is 17.9 Å². The van der Waals surface area contributed by atoms with Crippen LogP contribution in [0.2, 0.25) is 0 Å². The number of carbonyl (C=O) groups excluding carboxylic acids is 1. The zero-order chi connectivity index (χ0) is 12.8. The first kappa shape index (κ1) is 13.7. The van der Waals surface area contributed by atoms with E-state index in [9.17, 15) is 4.79 Å². The predicted octanol–water partition coefficient (Wildman–Crippen LogP) is 1.25. The maximum absolute atomic E-state index is 11.4. The van der Waals surface area contributed by atoms with Crippen LogP contribution in [0.25, 0.3) is 0 Å². The maximum Gasteiger partial charge on any atom is 0.322 e. The molecule has 0 aliphatic rings. The van der Waals surface area contributed by atoms with Gasteiger partial charge in [0.1, 0.15) is 6.04 Å². The van der Waals surface area contributed by atoms with E-state index in [1.807, 2.05) is 24.6 Å². The molecule has 0 aromatic carbocycles. The molecule has 1 N–H and O–H groups in total. The molecule has 5 nitrogen and oxygen atoms in total. The second-order valence-electron chi connectivity index (χ2n) is 3.95. The van der Waals surface area contributed by atoms with Gasteiger partial charge in [-0.3, -0.25) is 14.8 Å². The molecule has 0 spiro atoms. The van der Waals surface area contributed by atoms with Gasteiger partial charge in [-0.25, -0.2) is 0 Å². The molecule has 17 heavy (non-hydrogen) atoms. The number of nitrogens with one attached hydrogen (secondary N) is 1. The van der Waals surface area contributed by atoms with Crippen molar-refractivity contribution in [3.8, 4) is 0 Å². The fraction of sp³-hybridized carbons (Fsp3) is 0.667. The molecule has 0 bridgehead atoms. The first-order valence-corrected chi connectivity index (χ1v) is 6.01. The topological polar surface area (TPSA) is 56.1 Å². The number of ether oxygens (including phenoxy) is 1. The summed E-state index contributed by atoms with van der Waals surface area (Å²) in [5.41, 5.74) is 2.08. The van der Waals surface area contributed by atoms with Crippen LogP contribution >= 0.6 is 0 Å². The SMILES string of the molecule is CCOC(=O)C(C)NCc1cc(C)nn1CC. The third-order valence-electron chi connectivity index (χ3n) is 2.51. The lowest BCUT2D eigenvalue weighted by atomic mass is 10.3. The Labute approximate surface area is 102 Å². The van der Waals surface area contributed by atoms with Gasteiger partial charge in [0.25, 0.3) is 0 Å². The maximum atomic E-state index is 11.4. The second kappa shape index (κ2) is 6.39. The van der Waals surface area contributed by atoms with Gasteiger partial charge in [-0.05, 0) is 33.8 Å². The molecule has 0 aliphatic carbocycles. The molecule has 0 amide bonds. The van der Waals surface area contributed by atoms with Crippen LogP contribution in [-0.4, -0.2) is 28.4 Å². The summed E-state index contributed by atoms with van der Waals surface area (Å²) in [7, 11) is 0. The van der Waals surface area contributed by atoms with Crippen LogP contribution in [0.5, 0.6) is 0 Å². The zero-order valence-electron chi connectivity index (χ0n) is 11.0. The second-order valence-corrected chi connectivity index (χ2v) is 3.95. The quantitative estimate of drug-likeness (QED) is 0.759. The number of hydrogen-bond acceptors (Lipinski definition) is 4. The summed E-state index contributed by atoms with van der Waals surface area (Å²) < 4.78 is 6.86. The van der Waals surface area contributed by atoms with Crippen molar-refractivity contribution in [2.24, 2.45) is 0 Å². The Bertz CT molecular complexity index is 374. The monoisotopic (exact) mass is 239 g/mol. The smallest absolute Gasteiger partial charge is 0.322 e. The van der Waals surface area contributed by atoms with Gasteiger partial charge in [0.05, 0.1) is 18.0 Å². The number of aromatic nitrogens is 2. The van der Waals surface area contributed by atoms with Crippen molar-refractivity contribution in [3.63, 3.8) is 0 Å². The van der Waals surface area contributed by atoms with E-state index in [2.05, 4.69) is 10.4 Å². The summed E-state index contributed by atoms with van der Waals surface area (Å²) in [4.78, 5) is 11.4. The van der Waals surface area contributed by atoms with E-state index in [1.54, 1.807) is 13.8 Å². The van der Waals surface area contributed by atoms with Gasteiger partial charge < -0.3 is 4.74 Å². The standard InChI is InChI=1S/C12H21N3O2/c1-5-15-11(7-9(3)14-15)8-13-10(4)12(16)17-6-2/h7,10,13H,5-6,8H2,1-4H3. The van der Waals surface area contributed by atoms with Gasteiger partial charge in [0, 0.05) is 13.1 Å². The molecule has 0 saturated carbocycles. The summed E-state index contributed by atoms with van der Waals surface area (Å²) in [6, 6.07) is 1.73. The highest BCUT2D eigenvalue weighted by Gasteiger charge is 2.14. The van der Waals surface area contributed by atoms with Crippen LogP contribution in [0, 0.1) is 6.92 Å². The largest absolute Gasteiger partial charge is 0.465 e. The molecule has 0 fully saturated rings. The Morgan fingerprint density at radius 3 is 2.88 bits per heavy atom. The number of hydrogen-bond donors (Lipinski definition) is 1. The van der Waals surface area contributed by atoms with Crippen LogP contribution in [0.3, 0.4) is 0 Å². The number of rotatable bonds is 6. The van der Waals surface area contributed by atoms with Crippen molar-refractivity contribution in [2.75, 3.05) is 6.61 Å². The molecule has 5 heteroatoms. The summed E-state index contributed by atoms with van der Waals surface area (Å²) in [5, 5.41) is 7.48. The minimum absolute atomic E-state index is 0.216. The molecule has 0 aliphatic heterocycles. The lowest BCUT2D eigenvalue weighted by Gasteiger charge is -2.12. The molecule has 96 valence electrons. The number of aryl methyl sites for hydroxylation is 2. The van der Waals surface area contributed by atoms with Gasteiger partial charge in [-0.1, -0.05) is 0 Å². The normalized spacial score (nSPS) is 12.5. The van der Waals surface area contributed by atoms with Crippen LogP contribution < -0.4 is 5.32 Å². The predicted molar refractivity (Wildman–Crippen MR) is 65.6 cm³/mol. The van der Waals surface area contributed by atoms with Crippen molar-refractivity contribution < 1.29 is 9.53 Å². The molecule has 0 saturated heterocycles. The molecular formula is C12H21N3O2. The summed E-state index contributed by atoms with van der Waals surface area (Å²) in [6.07, 6.45) is 0. The van der Waals surface area contributed by atoms with Crippen molar-refractivity contribution in [2.45, 2.75) is 46.8 Å².